The summed E-state index contributed by atoms with van der Waals surface area (Å²) in [5.41, 5.74) is 1.72. The molecule has 0 aromatic heterocycles. The first-order valence-electron chi connectivity index (χ1n) is 15.6. The summed E-state index contributed by atoms with van der Waals surface area (Å²) in [6, 6.07) is 14.9. The van der Waals surface area contributed by atoms with Crippen LogP contribution in [0.1, 0.15) is 102 Å². The number of benzene rings is 2. The van der Waals surface area contributed by atoms with E-state index in [-0.39, 0.29) is 24.8 Å². The van der Waals surface area contributed by atoms with E-state index >= 15 is 0 Å². The fourth-order valence-electron chi connectivity index (χ4n) is 5.01. The first-order valence-corrected chi connectivity index (χ1v) is 22.0. The van der Waals surface area contributed by atoms with Crippen molar-refractivity contribution >= 4 is 31.1 Å². The Bertz CT molecular complexity index is 908. The number of hydrogen-bond acceptors (Lipinski definition) is 6. The summed E-state index contributed by atoms with van der Waals surface area (Å²) in [5.74, 6) is 0.906. The van der Waals surface area contributed by atoms with Crippen molar-refractivity contribution in [1.29, 1.82) is 0 Å². The zero-order valence-electron chi connectivity index (χ0n) is 25.9. The molecule has 0 heterocycles. The van der Waals surface area contributed by atoms with Gasteiger partial charge >= 0.3 is 254 Å². The second-order valence-corrected chi connectivity index (χ2v) is 20.2. The van der Waals surface area contributed by atoms with E-state index in [0.717, 1.165) is 70.0 Å². The Morgan fingerprint density at radius 3 is 1.22 bits per heavy atom. The SMILES string of the molecule is CCCCCCC[CH2][Sn]([CH2]CCCCCCC)([O]C(=O)Cc1ccc(OC)cc1)[O]C(=O)Cc1ccc(OC)cc1. The third-order valence-electron chi connectivity index (χ3n) is 7.44. The molecule has 6 nitrogen and oxygen atoms in total. The normalized spacial score (nSPS) is 11.2. The third kappa shape index (κ3) is 14.5. The molecule has 7 heteroatoms. The molecule has 0 N–H and O–H groups in total. The number of ether oxygens (including phenoxy) is 2. The molecule has 0 radical (unpaired) electrons. The van der Waals surface area contributed by atoms with Crippen LogP contribution in [-0.4, -0.2) is 45.4 Å². The van der Waals surface area contributed by atoms with Gasteiger partial charge in [-0.1, -0.05) is 0 Å². The van der Waals surface area contributed by atoms with Crippen molar-refractivity contribution < 1.29 is 25.2 Å². The standard InChI is InChI=1S/2C9H10O3.2C8H17.Sn/c2*1-12-8-4-2-7(3-5-8)6-9(10)11;2*1-3-5-7-8-6-4-2;/h2*2-5H,6H2,1H3,(H,10,11);2*1,3-8H2,2H3;/q;;;;+2/p-2. The van der Waals surface area contributed by atoms with Crippen LogP contribution in [0, 0.1) is 0 Å². The van der Waals surface area contributed by atoms with Crippen LogP contribution in [0.25, 0.3) is 0 Å². The van der Waals surface area contributed by atoms with Gasteiger partial charge in [-0.3, -0.25) is 0 Å². The number of hydrogen-bond donors (Lipinski definition) is 0. The minimum atomic E-state index is -4.12. The van der Waals surface area contributed by atoms with E-state index in [4.69, 9.17) is 15.6 Å². The van der Waals surface area contributed by atoms with Crippen LogP contribution < -0.4 is 9.47 Å². The predicted molar refractivity (Wildman–Crippen MR) is 168 cm³/mol. The van der Waals surface area contributed by atoms with Crippen LogP contribution in [0.4, 0.5) is 0 Å². The van der Waals surface area contributed by atoms with Gasteiger partial charge in [0.25, 0.3) is 0 Å². The molecule has 0 aliphatic rings. The van der Waals surface area contributed by atoms with E-state index in [1.807, 2.05) is 48.5 Å². The molecule has 228 valence electrons. The summed E-state index contributed by atoms with van der Waals surface area (Å²) < 4.78 is 24.7. The van der Waals surface area contributed by atoms with E-state index in [1.54, 1.807) is 14.2 Å². The second kappa shape index (κ2) is 20.6. The van der Waals surface area contributed by atoms with Crippen LogP contribution in [0.3, 0.4) is 0 Å². The molecule has 0 bridgehead atoms. The fourth-order valence-corrected chi connectivity index (χ4v) is 14.3. The molecule has 2 rings (SSSR count). The summed E-state index contributed by atoms with van der Waals surface area (Å²) in [4.78, 5) is 26.7. The van der Waals surface area contributed by atoms with Crippen molar-refractivity contribution in [2.75, 3.05) is 14.2 Å². The summed E-state index contributed by atoms with van der Waals surface area (Å²) >= 11 is -4.12. The van der Waals surface area contributed by atoms with Crippen molar-refractivity contribution in [3.63, 3.8) is 0 Å². The van der Waals surface area contributed by atoms with Gasteiger partial charge in [-0.25, -0.2) is 0 Å². The molecule has 0 fully saturated rings. The molecular weight excluding hydrogens is 623 g/mol. The van der Waals surface area contributed by atoms with E-state index < -0.39 is 19.2 Å². The number of carbonyl (C=O) groups excluding carboxylic acids is 2. The molecule has 2 aromatic rings. The summed E-state index contributed by atoms with van der Waals surface area (Å²) in [5, 5.41) is 0. The van der Waals surface area contributed by atoms with Crippen LogP contribution >= 0.6 is 0 Å². The Morgan fingerprint density at radius 1 is 0.537 bits per heavy atom. The average molecular weight is 675 g/mol. The van der Waals surface area contributed by atoms with E-state index in [0.29, 0.717) is 0 Å². The molecule has 0 spiro atoms. The van der Waals surface area contributed by atoms with Crippen molar-refractivity contribution in [1.82, 2.24) is 0 Å². The van der Waals surface area contributed by atoms with Crippen LogP contribution in [0.5, 0.6) is 11.5 Å². The van der Waals surface area contributed by atoms with Gasteiger partial charge in [-0.15, -0.1) is 0 Å². The van der Waals surface area contributed by atoms with Crippen molar-refractivity contribution in [2.24, 2.45) is 0 Å². The Hall–Kier alpha value is -2.22. The predicted octanol–water partition coefficient (Wildman–Crippen LogP) is 8.74. The molecule has 41 heavy (non-hydrogen) atoms. The summed E-state index contributed by atoms with van der Waals surface area (Å²) in [6.07, 6.45) is 13.9. The van der Waals surface area contributed by atoms with Gasteiger partial charge in [-0.2, -0.15) is 0 Å². The van der Waals surface area contributed by atoms with Gasteiger partial charge in [0.05, 0.1) is 0 Å². The number of methoxy groups -OCH3 is 2. The molecule has 0 saturated heterocycles. The molecule has 0 unspecified atom stereocenters. The topological polar surface area (TPSA) is 71.1 Å². The van der Waals surface area contributed by atoms with Gasteiger partial charge in [0.15, 0.2) is 0 Å². The van der Waals surface area contributed by atoms with Crippen LogP contribution in [0.15, 0.2) is 48.5 Å². The first-order chi connectivity index (χ1) is 19.9. The molecule has 2 aromatic carbocycles. The van der Waals surface area contributed by atoms with Crippen molar-refractivity contribution in [3.8, 4) is 11.5 Å². The Labute approximate surface area is 253 Å². The number of unbranched alkanes of at least 4 members (excludes halogenated alkanes) is 10. The van der Waals surface area contributed by atoms with Gasteiger partial charge in [0.2, 0.25) is 0 Å². The zero-order valence-corrected chi connectivity index (χ0v) is 28.7. The fraction of sp³-hybridized carbons (Fsp3) is 0.588. The Morgan fingerprint density at radius 2 is 0.878 bits per heavy atom. The van der Waals surface area contributed by atoms with E-state index in [1.165, 1.54) is 38.5 Å². The molecular formula is C34H52O6Sn. The quantitative estimate of drug-likeness (QED) is 0.0919. The summed E-state index contributed by atoms with van der Waals surface area (Å²) in [7, 11) is 3.24. The van der Waals surface area contributed by atoms with Gasteiger partial charge in [0, 0.05) is 0 Å². The Balaban J connectivity index is 2.18. The zero-order chi connectivity index (χ0) is 29.8. The third-order valence-corrected chi connectivity index (χ3v) is 17.2. The first kappa shape index (κ1) is 35.0. The van der Waals surface area contributed by atoms with E-state index in [9.17, 15) is 9.59 Å². The summed E-state index contributed by atoms with van der Waals surface area (Å²) in [6.45, 7) is 4.43. The van der Waals surface area contributed by atoms with Gasteiger partial charge < -0.3 is 0 Å². The monoisotopic (exact) mass is 676 g/mol. The maximum atomic E-state index is 13.3. The molecule has 0 amide bonds. The number of rotatable bonds is 22. The second-order valence-electron chi connectivity index (χ2n) is 10.9. The van der Waals surface area contributed by atoms with Gasteiger partial charge in [-0.05, 0) is 0 Å². The van der Waals surface area contributed by atoms with Crippen molar-refractivity contribution in [2.45, 2.75) is 113 Å². The van der Waals surface area contributed by atoms with Crippen LogP contribution in [-0.2, 0) is 28.6 Å². The average Bonchev–Trinajstić information content (AvgIpc) is 2.97. The van der Waals surface area contributed by atoms with Gasteiger partial charge in [0.1, 0.15) is 0 Å². The molecule has 0 atom stereocenters. The Kier molecular flexibility index (Phi) is 17.6. The maximum absolute atomic E-state index is 13.3. The van der Waals surface area contributed by atoms with E-state index in [2.05, 4.69) is 13.8 Å². The molecule has 0 saturated carbocycles. The minimum absolute atomic E-state index is 0.158. The number of carbonyl (C=O) groups is 2. The van der Waals surface area contributed by atoms with Crippen LogP contribution in [0.2, 0.25) is 8.87 Å². The molecule has 0 aliphatic carbocycles. The van der Waals surface area contributed by atoms with Crippen molar-refractivity contribution in [3.05, 3.63) is 59.7 Å². The molecule has 0 aliphatic heterocycles.